The number of hydrogen-bond donors (Lipinski definition) is 2. The van der Waals surface area contributed by atoms with Gasteiger partial charge in [-0.15, -0.1) is 0 Å². The largest absolute Gasteiger partial charge is 0.362 e. The zero-order chi connectivity index (χ0) is 12.7. The van der Waals surface area contributed by atoms with Gasteiger partial charge in [0.15, 0.2) is 5.11 Å². The molecule has 0 saturated heterocycles. The third kappa shape index (κ3) is 6.27. The molecule has 0 spiro atoms. The van der Waals surface area contributed by atoms with Crippen molar-refractivity contribution in [3.63, 3.8) is 0 Å². The topological polar surface area (TPSA) is 24.1 Å². The van der Waals surface area contributed by atoms with Gasteiger partial charge in [-0.2, -0.15) is 0 Å². The molecule has 0 fully saturated rings. The van der Waals surface area contributed by atoms with Gasteiger partial charge in [-0.1, -0.05) is 43.7 Å². The van der Waals surface area contributed by atoms with Crippen molar-refractivity contribution in [2.75, 3.05) is 13.1 Å². The van der Waals surface area contributed by atoms with Crippen LogP contribution in [0.4, 0.5) is 0 Å². The number of rotatable bonds is 5. The van der Waals surface area contributed by atoms with Crippen LogP contribution in [0.25, 0.3) is 0 Å². The lowest BCUT2D eigenvalue weighted by atomic mass is 10.1. The second kappa shape index (κ2) is 7.28. The summed E-state index contributed by atoms with van der Waals surface area (Å²) >= 11 is 5.19. The minimum atomic E-state index is 0.617. The van der Waals surface area contributed by atoms with E-state index in [2.05, 4.69) is 55.7 Å². The van der Waals surface area contributed by atoms with Crippen molar-refractivity contribution in [3.8, 4) is 0 Å². The lowest BCUT2D eigenvalue weighted by Crippen LogP contribution is -2.38. The molecule has 0 radical (unpaired) electrons. The Morgan fingerprint density at radius 3 is 2.71 bits per heavy atom. The first-order valence-electron chi connectivity index (χ1n) is 6.15. The van der Waals surface area contributed by atoms with Gasteiger partial charge >= 0.3 is 0 Å². The summed E-state index contributed by atoms with van der Waals surface area (Å²) in [7, 11) is 0. The Bertz CT molecular complexity index is 361. The molecule has 0 aliphatic heterocycles. The average Bonchev–Trinajstić information content (AvgIpc) is 2.26. The molecule has 2 nitrogen and oxygen atoms in total. The second-order valence-corrected chi connectivity index (χ2v) is 5.18. The highest BCUT2D eigenvalue weighted by atomic mass is 32.1. The van der Waals surface area contributed by atoms with E-state index < -0.39 is 0 Å². The van der Waals surface area contributed by atoms with Crippen molar-refractivity contribution < 1.29 is 0 Å². The number of nitrogens with one attached hydrogen (secondary N) is 2. The van der Waals surface area contributed by atoms with E-state index in [1.807, 2.05) is 0 Å². The summed E-state index contributed by atoms with van der Waals surface area (Å²) in [5.74, 6) is 0.617. The first kappa shape index (κ1) is 14.0. The van der Waals surface area contributed by atoms with Gasteiger partial charge in [0, 0.05) is 13.1 Å². The standard InChI is InChI=1S/C14H22N2S/c1-11(2)10-16-14(17)15-8-7-13-6-4-5-12(3)9-13/h4-6,9,11H,7-8,10H2,1-3H3,(H2,15,16,17). The van der Waals surface area contributed by atoms with Crippen LogP contribution in [-0.2, 0) is 6.42 Å². The van der Waals surface area contributed by atoms with Gasteiger partial charge in [-0.25, -0.2) is 0 Å². The lowest BCUT2D eigenvalue weighted by Gasteiger charge is -2.12. The Balaban J connectivity index is 2.21. The highest BCUT2D eigenvalue weighted by molar-refractivity contribution is 7.80. The maximum atomic E-state index is 5.19. The van der Waals surface area contributed by atoms with Crippen LogP contribution in [0, 0.1) is 12.8 Å². The normalized spacial score (nSPS) is 10.4. The third-order valence-corrected chi connectivity index (χ3v) is 2.74. The minimum absolute atomic E-state index is 0.617. The van der Waals surface area contributed by atoms with Crippen molar-refractivity contribution in [1.29, 1.82) is 0 Å². The zero-order valence-electron chi connectivity index (χ0n) is 10.9. The van der Waals surface area contributed by atoms with Crippen molar-refractivity contribution in [2.24, 2.45) is 5.92 Å². The molecule has 0 aromatic heterocycles. The van der Waals surface area contributed by atoms with E-state index >= 15 is 0 Å². The number of hydrogen-bond acceptors (Lipinski definition) is 1. The van der Waals surface area contributed by atoms with Crippen molar-refractivity contribution >= 4 is 17.3 Å². The van der Waals surface area contributed by atoms with E-state index in [9.17, 15) is 0 Å². The van der Waals surface area contributed by atoms with Gasteiger partial charge in [-0.05, 0) is 37.0 Å². The van der Waals surface area contributed by atoms with Crippen LogP contribution < -0.4 is 10.6 Å². The van der Waals surface area contributed by atoms with E-state index in [1.165, 1.54) is 11.1 Å². The molecule has 0 aliphatic carbocycles. The lowest BCUT2D eigenvalue weighted by molar-refractivity contribution is 0.619. The van der Waals surface area contributed by atoms with E-state index in [4.69, 9.17) is 12.2 Å². The second-order valence-electron chi connectivity index (χ2n) is 4.77. The monoisotopic (exact) mass is 250 g/mol. The summed E-state index contributed by atoms with van der Waals surface area (Å²) in [6, 6.07) is 8.58. The van der Waals surface area contributed by atoms with Crippen LogP contribution >= 0.6 is 12.2 Å². The Hall–Kier alpha value is -1.09. The van der Waals surface area contributed by atoms with E-state index in [0.29, 0.717) is 5.92 Å². The summed E-state index contributed by atoms with van der Waals surface area (Å²) in [6.45, 7) is 8.26. The minimum Gasteiger partial charge on any atom is -0.362 e. The summed E-state index contributed by atoms with van der Waals surface area (Å²) in [6.07, 6.45) is 1.01. The van der Waals surface area contributed by atoms with Crippen LogP contribution in [0.5, 0.6) is 0 Å². The van der Waals surface area contributed by atoms with Crippen molar-refractivity contribution in [3.05, 3.63) is 35.4 Å². The van der Waals surface area contributed by atoms with Crippen LogP contribution in [0.3, 0.4) is 0 Å². The van der Waals surface area contributed by atoms with Crippen LogP contribution in [0.15, 0.2) is 24.3 Å². The molecule has 0 amide bonds. The molecular weight excluding hydrogens is 228 g/mol. The predicted molar refractivity (Wildman–Crippen MR) is 78.3 cm³/mol. The molecular formula is C14H22N2S. The average molecular weight is 250 g/mol. The van der Waals surface area contributed by atoms with Gasteiger partial charge in [-0.3, -0.25) is 0 Å². The molecule has 1 aromatic rings. The SMILES string of the molecule is Cc1cccc(CCNC(=S)NCC(C)C)c1. The molecule has 2 N–H and O–H groups in total. The fourth-order valence-electron chi connectivity index (χ4n) is 1.55. The fourth-order valence-corrected chi connectivity index (χ4v) is 1.73. The van der Waals surface area contributed by atoms with Gasteiger partial charge < -0.3 is 10.6 Å². The van der Waals surface area contributed by atoms with Crippen LogP contribution in [0.1, 0.15) is 25.0 Å². The quantitative estimate of drug-likeness (QED) is 0.786. The summed E-state index contributed by atoms with van der Waals surface area (Å²) in [5.41, 5.74) is 2.66. The fraction of sp³-hybridized carbons (Fsp3) is 0.500. The summed E-state index contributed by atoms with van der Waals surface area (Å²) in [4.78, 5) is 0. The predicted octanol–water partition coefficient (Wildman–Crippen LogP) is 2.66. The first-order chi connectivity index (χ1) is 8.08. The molecule has 1 rings (SSSR count). The molecule has 0 heterocycles. The van der Waals surface area contributed by atoms with Crippen LogP contribution in [-0.4, -0.2) is 18.2 Å². The third-order valence-electron chi connectivity index (χ3n) is 2.45. The summed E-state index contributed by atoms with van der Waals surface area (Å²) in [5, 5.41) is 7.18. The summed E-state index contributed by atoms with van der Waals surface area (Å²) < 4.78 is 0. The maximum absolute atomic E-state index is 5.19. The number of aryl methyl sites for hydroxylation is 1. The molecule has 94 valence electrons. The molecule has 0 bridgehead atoms. The number of thiocarbonyl (C=S) groups is 1. The Labute approximate surface area is 110 Å². The molecule has 0 aliphatic rings. The Morgan fingerprint density at radius 2 is 2.06 bits per heavy atom. The molecule has 1 aromatic carbocycles. The first-order valence-corrected chi connectivity index (χ1v) is 6.56. The van der Waals surface area contributed by atoms with Gasteiger partial charge in [0.2, 0.25) is 0 Å². The van der Waals surface area contributed by atoms with Gasteiger partial charge in [0.1, 0.15) is 0 Å². The highest BCUT2D eigenvalue weighted by Crippen LogP contribution is 2.03. The Morgan fingerprint density at radius 1 is 1.29 bits per heavy atom. The molecule has 0 saturated carbocycles. The number of benzene rings is 1. The molecule has 0 unspecified atom stereocenters. The highest BCUT2D eigenvalue weighted by Gasteiger charge is 1.98. The Kier molecular flexibility index (Phi) is 5.98. The van der Waals surface area contributed by atoms with Crippen LogP contribution in [0.2, 0.25) is 0 Å². The van der Waals surface area contributed by atoms with Gasteiger partial charge in [0.25, 0.3) is 0 Å². The van der Waals surface area contributed by atoms with E-state index in [-0.39, 0.29) is 0 Å². The van der Waals surface area contributed by atoms with E-state index in [0.717, 1.165) is 24.6 Å². The molecule has 3 heteroatoms. The van der Waals surface area contributed by atoms with Crippen molar-refractivity contribution in [2.45, 2.75) is 27.2 Å². The van der Waals surface area contributed by atoms with Gasteiger partial charge in [0.05, 0.1) is 0 Å². The van der Waals surface area contributed by atoms with E-state index in [1.54, 1.807) is 0 Å². The molecule has 0 atom stereocenters. The van der Waals surface area contributed by atoms with Crippen molar-refractivity contribution in [1.82, 2.24) is 10.6 Å². The molecule has 17 heavy (non-hydrogen) atoms. The zero-order valence-corrected chi connectivity index (χ0v) is 11.7. The maximum Gasteiger partial charge on any atom is 0.166 e. The smallest absolute Gasteiger partial charge is 0.166 e.